The van der Waals surface area contributed by atoms with Crippen molar-refractivity contribution < 1.29 is 13.6 Å². The highest BCUT2D eigenvalue weighted by molar-refractivity contribution is 5.99. The van der Waals surface area contributed by atoms with Gasteiger partial charge in [0.2, 0.25) is 0 Å². The lowest BCUT2D eigenvalue weighted by molar-refractivity contribution is -0.127. The molecule has 6 aliphatic rings. The highest BCUT2D eigenvalue weighted by Gasteiger charge is 2.51. The number of halogens is 2. The zero-order chi connectivity index (χ0) is 26.0. The van der Waals surface area contributed by atoms with E-state index >= 15 is 4.39 Å². The van der Waals surface area contributed by atoms with Crippen LogP contribution in [0, 0.1) is 40.7 Å². The summed E-state index contributed by atoms with van der Waals surface area (Å²) in [4.78, 5) is 13.3. The van der Waals surface area contributed by atoms with Crippen LogP contribution in [0.1, 0.15) is 55.2 Å². The van der Waals surface area contributed by atoms with Gasteiger partial charge in [0.1, 0.15) is 23.3 Å². The summed E-state index contributed by atoms with van der Waals surface area (Å²) >= 11 is 0. The smallest absolute Gasteiger partial charge is 0.273 e. The molecule has 0 aromatic heterocycles. The van der Waals surface area contributed by atoms with Gasteiger partial charge in [0, 0.05) is 28.8 Å². The maximum atomic E-state index is 15.1. The summed E-state index contributed by atoms with van der Waals surface area (Å²) in [6.07, 6.45) is 10.3. The van der Waals surface area contributed by atoms with Crippen LogP contribution < -0.4 is 16.1 Å². The van der Waals surface area contributed by atoms with Gasteiger partial charge in [0.15, 0.2) is 0 Å². The summed E-state index contributed by atoms with van der Waals surface area (Å²) < 4.78 is 28.9. The summed E-state index contributed by atoms with van der Waals surface area (Å²) in [7, 11) is 0. The topological polar surface area (TPSA) is 80.2 Å². The van der Waals surface area contributed by atoms with Crippen LogP contribution in [-0.4, -0.2) is 16.5 Å². The first kappa shape index (κ1) is 23.0. The minimum atomic E-state index is -0.665. The lowest BCUT2D eigenvalue weighted by Gasteiger charge is -2.57. The molecule has 8 rings (SSSR count). The number of hydrogen-bond donors (Lipinski definition) is 3. The lowest BCUT2D eigenvalue weighted by Crippen LogP contribution is -2.61. The number of amides is 1. The van der Waals surface area contributed by atoms with Crippen molar-refractivity contribution in [3.8, 4) is 6.07 Å². The van der Waals surface area contributed by atoms with Gasteiger partial charge >= 0.3 is 0 Å². The number of fused-ring (bicyclic) bond motifs is 1. The van der Waals surface area contributed by atoms with E-state index in [-0.39, 0.29) is 17.0 Å². The number of carbonyl (C=O) groups excluding carboxylic acids is 1. The Bertz CT molecular complexity index is 1450. The third kappa shape index (κ3) is 3.85. The van der Waals surface area contributed by atoms with Crippen LogP contribution in [0.15, 0.2) is 66.3 Å². The maximum absolute atomic E-state index is 15.1. The number of nitrogens with zero attached hydrogens (tertiary/aromatic N) is 2. The molecule has 0 spiro atoms. The van der Waals surface area contributed by atoms with E-state index < -0.39 is 11.6 Å². The molecule has 0 radical (unpaired) electrons. The summed E-state index contributed by atoms with van der Waals surface area (Å²) in [6.45, 7) is 0. The predicted octanol–water partition coefficient (Wildman–Crippen LogP) is 4.90. The van der Waals surface area contributed by atoms with Gasteiger partial charge in [0.05, 0.1) is 17.3 Å². The summed E-state index contributed by atoms with van der Waals surface area (Å²) in [5, 5.41) is 17.5. The molecule has 2 heterocycles. The Hall–Kier alpha value is -4.12. The van der Waals surface area contributed by atoms with Crippen molar-refractivity contribution in [3.63, 3.8) is 0 Å². The maximum Gasteiger partial charge on any atom is 0.273 e. The van der Waals surface area contributed by atoms with E-state index in [1.54, 1.807) is 30.3 Å². The minimum Gasteiger partial charge on any atom is -0.365 e. The van der Waals surface area contributed by atoms with Crippen molar-refractivity contribution in [2.45, 2.75) is 44.1 Å². The van der Waals surface area contributed by atoms with E-state index in [4.69, 9.17) is 5.26 Å². The Morgan fingerprint density at radius 1 is 0.974 bits per heavy atom. The standard InChI is InChI=1S/C30H27F2N5O/c31-22-5-6-23(25(32)10-22)24-11-27-34-26(21-3-1-17(16-33)2-4-21)12-28(38)37(27)36-29(24)35-30-13-18-7-19(14-30)9-20(8-18)15-30/h1-6,10-12,18-20,34-36H,7-9,13-15H2. The van der Waals surface area contributed by atoms with E-state index in [1.165, 1.54) is 42.5 Å². The van der Waals surface area contributed by atoms with Crippen LogP contribution in [0.25, 0.3) is 11.3 Å². The molecule has 4 saturated carbocycles. The van der Waals surface area contributed by atoms with Crippen LogP contribution in [0.5, 0.6) is 0 Å². The lowest BCUT2D eigenvalue weighted by atomic mass is 9.53. The number of benzene rings is 2. The average Bonchev–Trinajstić information content (AvgIpc) is 2.88. The number of nitrogens with one attached hydrogen (secondary N) is 3. The molecule has 4 fully saturated rings. The fraction of sp³-hybridized carbons (Fsp3) is 0.333. The van der Waals surface area contributed by atoms with Crippen molar-refractivity contribution >= 4 is 17.2 Å². The molecule has 2 aliphatic heterocycles. The average molecular weight is 512 g/mol. The van der Waals surface area contributed by atoms with Crippen molar-refractivity contribution in [2.75, 3.05) is 0 Å². The van der Waals surface area contributed by atoms with Crippen LogP contribution >= 0.6 is 0 Å². The van der Waals surface area contributed by atoms with Crippen molar-refractivity contribution in [2.24, 2.45) is 17.8 Å². The van der Waals surface area contributed by atoms with E-state index in [0.29, 0.717) is 46.2 Å². The predicted molar refractivity (Wildman–Crippen MR) is 138 cm³/mol. The molecule has 8 heteroatoms. The van der Waals surface area contributed by atoms with Crippen molar-refractivity contribution in [1.82, 2.24) is 21.1 Å². The Kier molecular flexibility index (Phi) is 5.12. The molecular formula is C30H27F2N5O. The van der Waals surface area contributed by atoms with Crippen LogP contribution in [0.3, 0.4) is 0 Å². The quantitative estimate of drug-likeness (QED) is 0.545. The minimum absolute atomic E-state index is 0.0973. The molecule has 0 atom stereocenters. The Balaban J connectivity index is 1.28. The number of allylic oxidation sites excluding steroid dienone is 2. The summed E-state index contributed by atoms with van der Waals surface area (Å²) in [6, 6.07) is 12.6. The molecule has 0 saturated heterocycles. The molecule has 1 amide bonds. The molecule has 2 aromatic rings. The van der Waals surface area contributed by atoms with Gasteiger partial charge in [-0.2, -0.15) is 5.26 Å². The normalized spacial score (nSPS) is 29.1. The first-order valence-electron chi connectivity index (χ1n) is 13.2. The largest absolute Gasteiger partial charge is 0.365 e. The van der Waals surface area contributed by atoms with E-state index in [2.05, 4.69) is 22.1 Å². The fourth-order valence-corrected chi connectivity index (χ4v) is 7.56. The molecule has 0 unspecified atom stereocenters. The first-order valence-corrected chi connectivity index (χ1v) is 13.2. The van der Waals surface area contributed by atoms with Gasteiger partial charge in [-0.05, 0) is 92.2 Å². The van der Waals surface area contributed by atoms with Gasteiger partial charge in [-0.1, -0.05) is 12.1 Å². The molecular weight excluding hydrogens is 484 g/mol. The molecule has 192 valence electrons. The summed E-state index contributed by atoms with van der Waals surface area (Å²) in [5.74, 6) is 1.51. The second-order valence-corrected chi connectivity index (χ2v) is 11.4. The van der Waals surface area contributed by atoms with Gasteiger partial charge in [-0.15, -0.1) is 0 Å². The number of hydrogen-bond acceptors (Lipinski definition) is 5. The van der Waals surface area contributed by atoms with Gasteiger partial charge in [-0.3, -0.25) is 10.2 Å². The Morgan fingerprint density at radius 2 is 1.66 bits per heavy atom. The zero-order valence-electron chi connectivity index (χ0n) is 20.7. The second-order valence-electron chi connectivity index (χ2n) is 11.4. The molecule has 38 heavy (non-hydrogen) atoms. The molecule has 3 N–H and O–H groups in total. The van der Waals surface area contributed by atoms with Crippen molar-refractivity contribution in [3.05, 3.63) is 94.6 Å². The highest BCUT2D eigenvalue weighted by Crippen LogP contribution is 2.56. The fourth-order valence-electron chi connectivity index (χ4n) is 7.56. The Labute approximate surface area is 219 Å². The van der Waals surface area contributed by atoms with E-state index in [9.17, 15) is 9.18 Å². The van der Waals surface area contributed by atoms with Gasteiger partial charge in [-0.25, -0.2) is 13.8 Å². The number of rotatable bonds is 4. The third-order valence-electron chi connectivity index (χ3n) is 8.74. The Morgan fingerprint density at radius 3 is 2.29 bits per heavy atom. The summed E-state index contributed by atoms with van der Waals surface area (Å²) in [5.41, 5.74) is 5.76. The van der Waals surface area contributed by atoms with Crippen LogP contribution in [0.4, 0.5) is 8.78 Å². The molecule has 4 aliphatic carbocycles. The molecule has 6 nitrogen and oxygen atoms in total. The SMILES string of the molecule is N#Cc1ccc(C2=CC(=O)N3NC(NC45CC6CC(CC(C6)C4)C5)=C(c4ccc(F)cc4F)C=C3N2)cc1. The molecule has 2 aromatic carbocycles. The third-order valence-corrected chi connectivity index (χ3v) is 8.74. The van der Waals surface area contributed by atoms with Crippen LogP contribution in [-0.2, 0) is 4.79 Å². The number of nitriles is 1. The van der Waals surface area contributed by atoms with Gasteiger partial charge < -0.3 is 10.6 Å². The monoisotopic (exact) mass is 511 g/mol. The number of hydrazine groups is 1. The second kappa shape index (κ2) is 8.45. The van der Waals surface area contributed by atoms with E-state index in [1.807, 2.05) is 0 Å². The van der Waals surface area contributed by atoms with Gasteiger partial charge in [0.25, 0.3) is 5.91 Å². The van der Waals surface area contributed by atoms with E-state index in [0.717, 1.165) is 30.9 Å². The van der Waals surface area contributed by atoms with Crippen molar-refractivity contribution in [1.29, 1.82) is 5.26 Å². The molecule has 4 bridgehead atoms. The number of carbonyl (C=O) groups is 1. The first-order chi connectivity index (χ1) is 18.4. The van der Waals surface area contributed by atoms with Crippen LogP contribution in [0.2, 0.25) is 0 Å². The highest BCUT2D eigenvalue weighted by atomic mass is 19.1. The zero-order valence-corrected chi connectivity index (χ0v) is 20.7.